The van der Waals surface area contributed by atoms with Crippen LogP contribution >= 0.6 is 0 Å². The van der Waals surface area contributed by atoms with Gasteiger partial charge in [-0.25, -0.2) is 0 Å². The molecule has 0 unspecified atom stereocenters. The summed E-state index contributed by atoms with van der Waals surface area (Å²) in [6.07, 6.45) is 4.46. The lowest BCUT2D eigenvalue weighted by Gasteiger charge is -2.22. The molecule has 0 radical (unpaired) electrons. The average molecular weight is 807 g/mol. The van der Waals surface area contributed by atoms with Crippen molar-refractivity contribution in [3.05, 3.63) is 228 Å². The van der Waals surface area contributed by atoms with Crippen LogP contribution in [0.5, 0.6) is 0 Å². The molecule has 11 aromatic rings. The van der Waals surface area contributed by atoms with Crippen molar-refractivity contribution < 1.29 is 0 Å². The SMILES string of the molecule is Cc1cc(C)cc(-n2c3ccccc3c3cc(-c4ccc5c(c4)C(C)(C)c4cc(-c6ccc(/C=C/c7ccc8c(c7)c7ccccc7n8-c7ccccc7)cc6)ccc4-5)ccc32)c1. The first-order valence-corrected chi connectivity index (χ1v) is 22.1. The van der Waals surface area contributed by atoms with Crippen LogP contribution in [-0.2, 0) is 5.41 Å². The van der Waals surface area contributed by atoms with Gasteiger partial charge in [0.05, 0.1) is 22.1 Å². The van der Waals surface area contributed by atoms with Gasteiger partial charge in [0.25, 0.3) is 0 Å². The number of benzene rings is 9. The lowest BCUT2D eigenvalue weighted by molar-refractivity contribution is 0.661. The number of hydrogen-bond donors (Lipinski definition) is 0. The molecule has 0 atom stereocenters. The molecule has 2 heteroatoms. The Morgan fingerprint density at radius 1 is 0.349 bits per heavy atom. The first-order valence-electron chi connectivity index (χ1n) is 22.1. The van der Waals surface area contributed by atoms with Crippen molar-refractivity contribution in [2.75, 3.05) is 0 Å². The van der Waals surface area contributed by atoms with Gasteiger partial charge >= 0.3 is 0 Å². The van der Waals surface area contributed by atoms with Gasteiger partial charge in [-0.15, -0.1) is 0 Å². The zero-order chi connectivity index (χ0) is 42.4. The highest BCUT2D eigenvalue weighted by Crippen LogP contribution is 2.51. The van der Waals surface area contributed by atoms with Gasteiger partial charge in [0.2, 0.25) is 0 Å². The van der Waals surface area contributed by atoms with Crippen molar-refractivity contribution in [1.82, 2.24) is 9.13 Å². The minimum absolute atomic E-state index is 0.142. The van der Waals surface area contributed by atoms with Gasteiger partial charge in [0.15, 0.2) is 0 Å². The van der Waals surface area contributed by atoms with Gasteiger partial charge in [-0.2, -0.15) is 0 Å². The molecule has 0 saturated carbocycles. The normalized spacial score (nSPS) is 13.1. The molecular weight excluding hydrogens is 761 g/mol. The number of rotatable bonds is 6. The Balaban J connectivity index is 0.827. The summed E-state index contributed by atoms with van der Waals surface area (Å²) in [6.45, 7) is 9.14. The first kappa shape index (κ1) is 37.1. The summed E-state index contributed by atoms with van der Waals surface area (Å²) in [6, 6.07) is 72.0. The Morgan fingerprint density at radius 2 is 0.810 bits per heavy atom. The fraction of sp³-hybridized carbons (Fsp3) is 0.0820. The fourth-order valence-corrected chi connectivity index (χ4v) is 10.5. The van der Waals surface area contributed by atoms with Gasteiger partial charge in [0.1, 0.15) is 0 Å². The van der Waals surface area contributed by atoms with E-state index in [2.05, 4.69) is 243 Å². The van der Waals surface area contributed by atoms with Gasteiger partial charge in [0, 0.05) is 38.3 Å². The van der Waals surface area contributed by atoms with Crippen molar-refractivity contribution in [3.8, 4) is 44.8 Å². The van der Waals surface area contributed by atoms with E-state index in [9.17, 15) is 0 Å². The minimum atomic E-state index is -0.142. The van der Waals surface area contributed by atoms with Gasteiger partial charge < -0.3 is 9.13 Å². The second-order valence-electron chi connectivity index (χ2n) is 18.0. The van der Waals surface area contributed by atoms with Crippen molar-refractivity contribution in [3.63, 3.8) is 0 Å². The summed E-state index contributed by atoms with van der Waals surface area (Å²) < 4.78 is 4.79. The second kappa shape index (κ2) is 14.2. The molecule has 2 aromatic heterocycles. The largest absolute Gasteiger partial charge is 0.309 e. The Hall–Kier alpha value is -7.68. The van der Waals surface area contributed by atoms with Crippen LogP contribution in [0.1, 0.15) is 47.2 Å². The van der Waals surface area contributed by atoms with Crippen molar-refractivity contribution in [2.24, 2.45) is 0 Å². The topological polar surface area (TPSA) is 9.86 Å². The van der Waals surface area contributed by atoms with Gasteiger partial charge in [-0.05, 0) is 153 Å². The number of para-hydroxylation sites is 3. The minimum Gasteiger partial charge on any atom is -0.309 e. The maximum atomic E-state index is 2.44. The predicted octanol–water partition coefficient (Wildman–Crippen LogP) is 16.3. The maximum absolute atomic E-state index is 2.44. The zero-order valence-electron chi connectivity index (χ0n) is 36.0. The zero-order valence-corrected chi connectivity index (χ0v) is 36.0. The van der Waals surface area contributed by atoms with E-state index in [-0.39, 0.29) is 5.41 Å². The molecule has 0 aliphatic heterocycles. The molecule has 0 spiro atoms. The Kier molecular flexibility index (Phi) is 8.36. The first-order chi connectivity index (χ1) is 30.8. The van der Waals surface area contributed by atoms with E-state index in [0.717, 1.165) is 0 Å². The van der Waals surface area contributed by atoms with Crippen molar-refractivity contribution >= 4 is 55.8 Å². The molecular formula is C61H46N2. The van der Waals surface area contributed by atoms with E-state index in [1.165, 1.54) is 122 Å². The van der Waals surface area contributed by atoms with E-state index >= 15 is 0 Å². The summed E-state index contributed by atoms with van der Waals surface area (Å²) in [4.78, 5) is 0. The Bertz CT molecular complexity index is 3630. The summed E-state index contributed by atoms with van der Waals surface area (Å²) >= 11 is 0. The lowest BCUT2D eigenvalue weighted by atomic mass is 9.81. The molecule has 300 valence electrons. The van der Waals surface area contributed by atoms with Crippen LogP contribution in [0, 0.1) is 13.8 Å². The predicted molar refractivity (Wildman–Crippen MR) is 268 cm³/mol. The third-order valence-electron chi connectivity index (χ3n) is 13.6. The fourth-order valence-electron chi connectivity index (χ4n) is 10.5. The van der Waals surface area contributed by atoms with Gasteiger partial charge in [-0.1, -0.05) is 147 Å². The number of aromatic nitrogens is 2. The standard InChI is InChI=1S/C61H46N2/c1-39-32-40(2)34-48(33-39)63-58-17-11-9-15-52(58)54-36-44(27-31-60(54)63)46-26-29-50-49-28-25-45(37-55(49)61(3,4)56(50)38-46)43-23-20-41(21-24-43)18-19-42-22-30-59-53(35-42)51-14-8-10-16-57(51)62(59)47-12-6-5-7-13-47/h5-38H,1-4H3/b19-18+. The molecule has 2 nitrogen and oxygen atoms in total. The van der Waals surface area contributed by atoms with E-state index < -0.39 is 0 Å². The average Bonchev–Trinajstić information content (AvgIpc) is 3.90. The second-order valence-corrected chi connectivity index (χ2v) is 18.0. The van der Waals surface area contributed by atoms with E-state index in [0.29, 0.717) is 0 Å². The molecule has 0 N–H and O–H groups in total. The van der Waals surface area contributed by atoms with Crippen LogP contribution in [0.25, 0.3) is 101 Å². The Morgan fingerprint density at radius 3 is 1.46 bits per heavy atom. The van der Waals surface area contributed by atoms with Crippen LogP contribution in [0.2, 0.25) is 0 Å². The van der Waals surface area contributed by atoms with Crippen LogP contribution < -0.4 is 0 Å². The molecule has 1 aliphatic carbocycles. The molecule has 63 heavy (non-hydrogen) atoms. The highest BCUT2D eigenvalue weighted by atomic mass is 15.0. The van der Waals surface area contributed by atoms with Gasteiger partial charge in [-0.3, -0.25) is 0 Å². The van der Waals surface area contributed by atoms with Crippen molar-refractivity contribution in [1.29, 1.82) is 0 Å². The van der Waals surface area contributed by atoms with E-state index in [4.69, 9.17) is 0 Å². The van der Waals surface area contributed by atoms with E-state index in [1.807, 2.05) is 0 Å². The number of fused-ring (bicyclic) bond motifs is 9. The molecule has 12 rings (SSSR count). The highest BCUT2D eigenvalue weighted by molar-refractivity contribution is 6.11. The summed E-state index contributed by atoms with van der Waals surface area (Å²) in [5.74, 6) is 0. The van der Waals surface area contributed by atoms with Crippen LogP contribution in [0.3, 0.4) is 0 Å². The number of aryl methyl sites for hydroxylation is 2. The van der Waals surface area contributed by atoms with E-state index in [1.54, 1.807) is 0 Å². The molecule has 0 saturated heterocycles. The number of hydrogen-bond acceptors (Lipinski definition) is 0. The molecule has 0 bridgehead atoms. The Labute approximate surface area is 368 Å². The monoisotopic (exact) mass is 806 g/mol. The maximum Gasteiger partial charge on any atom is 0.0541 e. The van der Waals surface area contributed by atoms with Crippen molar-refractivity contribution in [2.45, 2.75) is 33.1 Å². The summed E-state index contributed by atoms with van der Waals surface area (Å²) in [7, 11) is 0. The smallest absolute Gasteiger partial charge is 0.0541 e. The van der Waals surface area contributed by atoms with Crippen LogP contribution in [-0.4, -0.2) is 9.13 Å². The third kappa shape index (κ3) is 6.01. The highest BCUT2D eigenvalue weighted by Gasteiger charge is 2.36. The number of nitrogens with zero attached hydrogens (tertiary/aromatic N) is 2. The third-order valence-corrected chi connectivity index (χ3v) is 13.6. The molecule has 9 aromatic carbocycles. The molecule has 1 aliphatic rings. The van der Waals surface area contributed by atoms with Crippen LogP contribution in [0.4, 0.5) is 0 Å². The lowest BCUT2D eigenvalue weighted by Crippen LogP contribution is -2.15. The summed E-state index contributed by atoms with van der Waals surface area (Å²) in [5.41, 5.74) is 22.5. The van der Waals surface area contributed by atoms with Crippen LogP contribution in [0.15, 0.2) is 194 Å². The quantitative estimate of drug-likeness (QED) is 0.148. The molecule has 0 fully saturated rings. The summed E-state index contributed by atoms with van der Waals surface area (Å²) in [5, 5.41) is 5.09. The molecule has 0 amide bonds. The molecule has 2 heterocycles.